The number of imidazole rings is 2. The molecule has 0 unspecified atom stereocenters. The van der Waals surface area contributed by atoms with Crippen molar-refractivity contribution >= 4 is 39.4 Å². The van der Waals surface area contributed by atoms with E-state index in [0.717, 1.165) is 50.3 Å². The van der Waals surface area contributed by atoms with Crippen molar-refractivity contribution in [3.8, 4) is 28.5 Å². The fourth-order valence-corrected chi connectivity index (χ4v) is 6.01. The van der Waals surface area contributed by atoms with Gasteiger partial charge in [0.05, 0.1) is 66.9 Å². The third-order valence-corrected chi connectivity index (χ3v) is 8.36. The van der Waals surface area contributed by atoms with Crippen molar-refractivity contribution in [1.82, 2.24) is 29.4 Å². The lowest BCUT2D eigenvalue weighted by molar-refractivity contribution is -0.116. The number of pyridine rings is 1. The number of rotatable bonds is 12. The fourth-order valence-electron chi connectivity index (χ4n) is 6.01. The highest BCUT2D eigenvalue weighted by atomic mass is 16.5. The summed E-state index contributed by atoms with van der Waals surface area (Å²) in [6.45, 7) is 2.59. The number of benzene rings is 3. The average Bonchev–Trinajstić information content (AvgIpc) is 3.71. The second-order valence-electron chi connectivity index (χ2n) is 11.6. The summed E-state index contributed by atoms with van der Waals surface area (Å²) in [5.41, 5.74) is 13.6. The Bertz CT molecular complexity index is 2140. The molecule has 0 saturated carbocycles. The Balaban J connectivity index is 1.29. The highest BCUT2D eigenvalue weighted by Crippen LogP contribution is 2.36. The Morgan fingerprint density at radius 1 is 0.958 bits per heavy atom. The van der Waals surface area contributed by atoms with Crippen LogP contribution in [-0.2, 0) is 27.7 Å². The van der Waals surface area contributed by atoms with Crippen LogP contribution in [0.5, 0.6) is 0 Å². The number of anilines is 1. The molecule has 1 aliphatic heterocycles. The Morgan fingerprint density at radius 2 is 1.81 bits per heavy atom. The number of carbonyl (C=O) groups excluding carboxylic acids is 2. The van der Waals surface area contributed by atoms with Crippen molar-refractivity contribution in [2.75, 3.05) is 44.8 Å². The summed E-state index contributed by atoms with van der Waals surface area (Å²) in [7, 11) is 1.94. The van der Waals surface area contributed by atoms with Gasteiger partial charge in [0, 0.05) is 54.4 Å². The monoisotopic (exact) mass is 644 g/mol. The highest BCUT2D eigenvalue weighted by molar-refractivity contribution is 6.01. The number of fused-ring (bicyclic) bond motifs is 3. The van der Waals surface area contributed by atoms with Crippen LogP contribution in [-0.4, -0.2) is 75.4 Å². The van der Waals surface area contributed by atoms with Crippen LogP contribution in [0.25, 0.3) is 50.4 Å². The van der Waals surface area contributed by atoms with Crippen LogP contribution >= 0.6 is 0 Å². The second kappa shape index (κ2) is 13.7. The minimum Gasteiger partial charge on any atom is -0.378 e. The summed E-state index contributed by atoms with van der Waals surface area (Å²) in [6, 6.07) is 21.6. The summed E-state index contributed by atoms with van der Waals surface area (Å²) in [4.78, 5) is 39.7. The molecule has 0 saturated heterocycles. The van der Waals surface area contributed by atoms with Gasteiger partial charge in [-0.2, -0.15) is 0 Å². The van der Waals surface area contributed by atoms with E-state index < -0.39 is 0 Å². The van der Waals surface area contributed by atoms with E-state index in [9.17, 15) is 9.59 Å². The number of nitrogens with two attached hydrogens (primary N) is 1. The van der Waals surface area contributed by atoms with Crippen LogP contribution in [0.15, 0.2) is 79.3 Å². The van der Waals surface area contributed by atoms with Gasteiger partial charge in [-0.05, 0) is 60.5 Å². The van der Waals surface area contributed by atoms with Crippen LogP contribution in [0.2, 0.25) is 0 Å². The van der Waals surface area contributed by atoms with E-state index >= 15 is 0 Å². The first kappa shape index (κ1) is 31.2. The smallest absolute Gasteiger partial charge is 0.251 e. The molecule has 0 fully saturated rings. The number of carbonyl (C=O) groups is 2. The van der Waals surface area contributed by atoms with Gasteiger partial charge in [0.2, 0.25) is 5.91 Å². The molecule has 0 bridgehead atoms. The van der Waals surface area contributed by atoms with Gasteiger partial charge in [0.1, 0.15) is 5.82 Å². The average molecular weight is 645 g/mol. The van der Waals surface area contributed by atoms with Gasteiger partial charge >= 0.3 is 0 Å². The van der Waals surface area contributed by atoms with E-state index in [1.54, 1.807) is 12.5 Å². The second-order valence-corrected chi connectivity index (χ2v) is 11.6. The molecular weight excluding hydrogens is 608 g/mol. The maximum Gasteiger partial charge on any atom is 0.251 e. The lowest BCUT2D eigenvalue weighted by atomic mass is 10.0. The molecule has 3 aromatic heterocycles. The molecular formula is C36H36N8O4. The SMILES string of the molecule is Cn1cncc1-c1cc(-c2nc3cc(C(=O)NCCOCCOCCN)ccc3n2-c2ccc3c(c2)CCC(=O)N3)c2ccccc2n1. The first-order valence-corrected chi connectivity index (χ1v) is 16.0. The summed E-state index contributed by atoms with van der Waals surface area (Å²) >= 11 is 0. The zero-order valence-electron chi connectivity index (χ0n) is 26.6. The number of amides is 2. The largest absolute Gasteiger partial charge is 0.378 e. The minimum absolute atomic E-state index is 0.0175. The number of para-hydroxylation sites is 1. The third kappa shape index (κ3) is 6.28. The first-order valence-electron chi connectivity index (χ1n) is 16.0. The molecule has 0 spiro atoms. The van der Waals surface area contributed by atoms with Crippen molar-refractivity contribution in [2.24, 2.45) is 12.8 Å². The molecule has 0 aliphatic carbocycles. The predicted molar refractivity (Wildman–Crippen MR) is 184 cm³/mol. The van der Waals surface area contributed by atoms with Gasteiger partial charge in [0.25, 0.3) is 5.91 Å². The fraction of sp³-hybridized carbons (Fsp3) is 0.250. The van der Waals surface area contributed by atoms with Gasteiger partial charge in [0.15, 0.2) is 0 Å². The minimum atomic E-state index is -0.214. The standard InChI is InChI=1S/C36H36N8O4/c1-43-22-38-21-33(43)31-20-27(26-4-2-3-5-29(26)40-31)35-42-30-19-24(36(46)39-13-15-48-17-16-47-14-12-37)6-10-32(30)44(35)25-8-9-28-23(18-25)7-11-34(45)41-28/h2-6,8-10,18-22H,7,11-17,37H2,1H3,(H,39,46)(H,41,45). The molecule has 0 atom stereocenters. The van der Waals surface area contributed by atoms with Crippen molar-refractivity contribution in [1.29, 1.82) is 0 Å². The highest BCUT2D eigenvalue weighted by Gasteiger charge is 2.22. The van der Waals surface area contributed by atoms with Crippen molar-refractivity contribution in [3.63, 3.8) is 0 Å². The molecule has 6 aromatic rings. The van der Waals surface area contributed by atoms with Crippen LogP contribution < -0.4 is 16.4 Å². The number of ether oxygens (including phenoxy) is 2. The Labute approximate surface area is 276 Å². The Hall–Kier alpha value is -5.43. The molecule has 0 radical (unpaired) electrons. The number of aryl methyl sites for hydroxylation is 2. The number of aromatic nitrogens is 5. The number of nitrogens with one attached hydrogen (secondary N) is 2. The topological polar surface area (TPSA) is 151 Å². The van der Waals surface area contributed by atoms with Crippen LogP contribution in [0, 0.1) is 0 Å². The quantitative estimate of drug-likeness (QED) is 0.167. The maximum absolute atomic E-state index is 13.2. The molecule has 3 aromatic carbocycles. The van der Waals surface area contributed by atoms with Gasteiger partial charge in [-0.1, -0.05) is 18.2 Å². The van der Waals surface area contributed by atoms with E-state index in [2.05, 4.69) is 26.3 Å². The number of hydrogen-bond acceptors (Lipinski definition) is 8. The molecule has 4 N–H and O–H groups in total. The van der Waals surface area contributed by atoms with E-state index in [1.807, 2.05) is 72.3 Å². The third-order valence-electron chi connectivity index (χ3n) is 8.36. The maximum atomic E-state index is 13.2. The summed E-state index contributed by atoms with van der Waals surface area (Å²) in [5, 5.41) is 6.85. The summed E-state index contributed by atoms with van der Waals surface area (Å²) in [5.74, 6) is 0.506. The van der Waals surface area contributed by atoms with Gasteiger partial charge in [-0.3, -0.25) is 14.2 Å². The Morgan fingerprint density at radius 3 is 2.65 bits per heavy atom. The summed E-state index contributed by atoms with van der Waals surface area (Å²) < 4.78 is 14.9. The van der Waals surface area contributed by atoms with E-state index in [-0.39, 0.29) is 11.8 Å². The Kier molecular flexibility index (Phi) is 8.93. The lowest BCUT2D eigenvalue weighted by Crippen LogP contribution is -2.27. The van der Waals surface area contributed by atoms with Crippen molar-refractivity contribution in [3.05, 3.63) is 90.4 Å². The van der Waals surface area contributed by atoms with Crippen molar-refractivity contribution < 1.29 is 19.1 Å². The predicted octanol–water partition coefficient (Wildman–Crippen LogP) is 4.25. The summed E-state index contributed by atoms with van der Waals surface area (Å²) in [6.07, 6.45) is 4.63. The van der Waals surface area contributed by atoms with E-state index in [4.69, 9.17) is 25.2 Å². The molecule has 4 heterocycles. The molecule has 2 amide bonds. The molecule has 1 aliphatic rings. The number of hydrogen-bond donors (Lipinski definition) is 3. The zero-order valence-corrected chi connectivity index (χ0v) is 26.6. The molecule has 48 heavy (non-hydrogen) atoms. The van der Waals surface area contributed by atoms with E-state index in [1.165, 1.54) is 0 Å². The van der Waals surface area contributed by atoms with Crippen molar-refractivity contribution in [2.45, 2.75) is 12.8 Å². The van der Waals surface area contributed by atoms with Gasteiger partial charge in [-0.25, -0.2) is 15.0 Å². The van der Waals surface area contributed by atoms with Gasteiger partial charge in [-0.15, -0.1) is 0 Å². The van der Waals surface area contributed by atoms with Crippen LogP contribution in [0.3, 0.4) is 0 Å². The van der Waals surface area contributed by atoms with E-state index in [0.29, 0.717) is 69.3 Å². The molecule has 12 nitrogen and oxygen atoms in total. The molecule has 7 rings (SSSR count). The molecule has 244 valence electrons. The normalized spacial score (nSPS) is 12.8. The van der Waals surface area contributed by atoms with Gasteiger partial charge < -0.3 is 30.4 Å². The first-order chi connectivity index (χ1) is 23.5. The zero-order chi connectivity index (χ0) is 33.0. The lowest BCUT2D eigenvalue weighted by Gasteiger charge is -2.19. The number of nitrogens with zero attached hydrogens (tertiary/aromatic N) is 5. The van der Waals surface area contributed by atoms with Crippen LogP contribution in [0.4, 0.5) is 5.69 Å². The van der Waals surface area contributed by atoms with Crippen LogP contribution in [0.1, 0.15) is 22.3 Å². The molecule has 12 heteroatoms.